The Morgan fingerprint density at radius 3 is 0.986 bits per heavy atom. The zero-order valence-electron chi connectivity index (χ0n) is 40.5. The van der Waals surface area contributed by atoms with Crippen LogP contribution in [0.25, 0.3) is 45.3 Å². The lowest BCUT2D eigenvalue weighted by atomic mass is 10.1. The van der Waals surface area contributed by atoms with E-state index in [0.717, 1.165) is 11.4 Å². The molecule has 0 N–H and O–H groups in total. The summed E-state index contributed by atoms with van der Waals surface area (Å²) in [4.78, 5) is 32.0. The molecule has 0 radical (unpaired) electrons. The predicted octanol–water partition coefficient (Wildman–Crippen LogP) is 20.9. The second kappa shape index (κ2) is 30.2. The van der Waals surface area contributed by atoms with Crippen molar-refractivity contribution in [3.63, 3.8) is 0 Å². The average Bonchev–Trinajstić information content (AvgIpc) is 4.23. The summed E-state index contributed by atoms with van der Waals surface area (Å²) < 4.78 is 11.6. The molecule has 4 aromatic rings. The molecule has 70 heavy (non-hydrogen) atoms. The topological polar surface area (TPSA) is 77.3 Å². The van der Waals surface area contributed by atoms with Gasteiger partial charge in [-0.1, -0.05) is 199 Å². The van der Waals surface area contributed by atoms with Crippen LogP contribution in [0.4, 0.5) is 0 Å². The van der Waals surface area contributed by atoms with Gasteiger partial charge in [-0.05, 0) is 83.8 Å². The molecule has 1 aromatic carbocycles. The molecule has 0 spiro atoms. The van der Waals surface area contributed by atoms with Crippen molar-refractivity contribution in [1.82, 2.24) is 29.9 Å². The van der Waals surface area contributed by atoms with Gasteiger partial charge >= 0.3 is 0 Å². The number of hydrogen-bond donors (Lipinski definition) is 0. The number of allylic oxidation sites excluding steroid dienone is 2. The predicted molar refractivity (Wildman–Crippen MR) is 335 cm³/mol. The molecule has 0 aliphatic carbocycles. The third-order valence-electron chi connectivity index (χ3n) is 11.1. The van der Waals surface area contributed by atoms with Crippen LogP contribution in [0.5, 0.6) is 0 Å². The highest BCUT2D eigenvalue weighted by atomic mass is 32.3. The van der Waals surface area contributed by atoms with Crippen LogP contribution < -0.4 is 0 Å². The van der Waals surface area contributed by atoms with Gasteiger partial charge in [0.25, 0.3) is 0 Å². The second-order valence-electron chi connectivity index (χ2n) is 16.7. The highest BCUT2D eigenvalue weighted by molar-refractivity contribution is 8.43. The first kappa shape index (κ1) is 55.6. The Morgan fingerprint density at radius 1 is 0.357 bits per heavy atom. The second-order valence-corrected chi connectivity index (χ2v) is 31.2. The van der Waals surface area contributed by atoms with E-state index in [-0.39, 0.29) is 0 Å². The van der Waals surface area contributed by atoms with E-state index in [1.165, 1.54) is 169 Å². The molecule has 7 heterocycles. The van der Waals surface area contributed by atoms with Gasteiger partial charge in [0, 0.05) is 34.6 Å². The summed E-state index contributed by atoms with van der Waals surface area (Å²) in [6.07, 6.45) is 36.4. The zero-order valence-corrected chi connectivity index (χ0v) is 50.3. The van der Waals surface area contributed by atoms with E-state index < -0.39 is 0 Å². The lowest BCUT2D eigenvalue weighted by Crippen LogP contribution is -1.99. The summed E-state index contributed by atoms with van der Waals surface area (Å²) in [7, 11) is 0. The quantitative estimate of drug-likeness (QED) is 0.0400. The van der Waals surface area contributed by atoms with Gasteiger partial charge in [-0.25, -0.2) is 9.97 Å². The molecule has 0 fully saturated rings. The van der Waals surface area contributed by atoms with E-state index in [1.54, 1.807) is 24.8 Å². The van der Waals surface area contributed by atoms with Crippen LogP contribution in [-0.4, -0.2) is 52.9 Å². The summed E-state index contributed by atoms with van der Waals surface area (Å²) in [6, 6.07) is 0. The SMILES string of the molecule is CCCCCCSC1=C(SCCCCCC)SC(=C2SC=C(/C=C/c3nc4c5nccnc5c5nccnc5c4nc3/C=C/C3=CSC(=C4SC(SCCCCCC)=C(SCCCCCC)S4)S3)S2)S1. The van der Waals surface area contributed by atoms with E-state index in [9.17, 15) is 0 Å². The van der Waals surface area contributed by atoms with Crippen LogP contribution >= 0.6 is 141 Å². The summed E-state index contributed by atoms with van der Waals surface area (Å²) in [5, 5.41) is 4.58. The molecule has 4 aliphatic heterocycles. The Morgan fingerprint density at radius 2 is 0.671 bits per heavy atom. The minimum absolute atomic E-state index is 0.681. The molecule has 0 saturated carbocycles. The number of benzene rings is 1. The minimum atomic E-state index is 0.681. The lowest BCUT2D eigenvalue weighted by molar-refractivity contribution is 0.707. The fourth-order valence-corrected chi connectivity index (χ4v) is 24.4. The number of aromatic nitrogens is 6. The average molecular weight is 1160 g/mol. The molecule has 0 atom stereocenters. The Bertz CT molecular complexity index is 2470. The van der Waals surface area contributed by atoms with E-state index in [2.05, 4.69) is 110 Å². The molecule has 8 rings (SSSR count). The van der Waals surface area contributed by atoms with E-state index in [1.807, 2.05) is 94.1 Å². The highest BCUT2D eigenvalue weighted by Gasteiger charge is 2.29. The summed E-state index contributed by atoms with van der Waals surface area (Å²) in [5.41, 5.74) is 5.65. The number of unbranched alkanes of at least 4 members (excludes halogenated alkanes) is 12. The molecule has 0 saturated heterocycles. The number of rotatable bonds is 28. The van der Waals surface area contributed by atoms with Crippen LogP contribution in [0, 0.1) is 0 Å². The molecule has 18 heteroatoms. The van der Waals surface area contributed by atoms with Gasteiger partial charge in [-0.15, -0.1) is 47.0 Å². The van der Waals surface area contributed by atoms with Gasteiger partial charge in [0.1, 0.15) is 33.1 Å². The number of hydrogen-bond acceptors (Lipinski definition) is 18. The third-order valence-corrected chi connectivity index (χ3v) is 28.3. The maximum atomic E-state index is 5.34. The smallest absolute Gasteiger partial charge is 0.120 e. The molecule has 6 nitrogen and oxygen atoms in total. The third kappa shape index (κ3) is 15.7. The maximum absolute atomic E-state index is 5.34. The Hall–Kier alpha value is -0.640. The monoisotopic (exact) mass is 1150 g/mol. The van der Waals surface area contributed by atoms with Crippen molar-refractivity contribution < 1.29 is 0 Å². The van der Waals surface area contributed by atoms with Gasteiger partial charge in [0.15, 0.2) is 0 Å². The van der Waals surface area contributed by atoms with Crippen molar-refractivity contribution in [2.75, 3.05) is 23.0 Å². The van der Waals surface area contributed by atoms with Gasteiger partial charge in [-0.2, -0.15) is 0 Å². The van der Waals surface area contributed by atoms with Gasteiger partial charge in [0.05, 0.1) is 45.3 Å². The Labute approximate surface area is 467 Å². The van der Waals surface area contributed by atoms with E-state index >= 15 is 0 Å². The van der Waals surface area contributed by atoms with Crippen LogP contribution in [-0.2, 0) is 0 Å². The normalized spacial score (nSPS) is 16.7. The number of nitrogens with zero attached hydrogens (tertiary/aromatic N) is 6. The number of thioether (sulfide) groups is 12. The van der Waals surface area contributed by atoms with Crippen molar-refractivity contribution in [1.29, 1.82) is 0 Å². The number of fused-ring (bicyclic) bond motifs is 6. The summed E-state index contributed by atoms with van der Waals surface area (Å²) in [6.45, 7) is 9.17. The van der Waals surface area contributed by atoms with Gasteiger partial charge in [0.2, 0.25) is 0 Å². The molecule has 0 unspecified atom stereocenters. The first-order chi connectivity index (χ1) is 34.6. The zero-order chi connectivity index (χ0) is 48.3. The van der Waals surface area contributed by atoms with Crippen molar-refractivity contribution in [3.8, 4) is 0 Å². The first-order valence-electron chi connectivity index (χ1n) is 24.8. The Balaban J connectivity index is 1.01. The first-order valence-corrected chi connectivity index (χ1v) is 35.4. The minimum Gasteiger partial charge on any atom is -0.251 e. The Kier molecular flexibility index (Phi) is 24.0. The van der Waals surface area contributed by atoms with Crippen molar-refractivity contribution in [2.24, 2.45) is 0 Å². The molecule has 3 aromatic heterocycles. The lowest BCUT2D eigenvalue weighted by Gasteiger charge is -2.09. The molecule has 4 aliphatic rings. The summed E-state index contributed by atoms with van der Waals surface area (Å²) >= 11 is 23.7. The molecule has 372 valence electrons. The van der Waals surface area contributed by atoms with E-state index in [0.29, 0.717) is 33.1 Å². The van der Waals surface area contributed by atoms with Gasteiger partial charge in [-0.3, -0.25) is 19.9 Å². The fourth-order valence-electron chi connectivity index (χ4n) is 7.43. The molecule has 0 amide bonds. The molecular formula is C52H62N6S12. The van der Waals surface area contributed by atoms with Crippen molar-refractivity contribution >= 4 is 186 Å². The van der Waals surface area contributed by atoms with Crippen LogP contribution in [0.1, 0.15) is 142 Å². The standard InChI is InChI=1S/C52H62N6S12/c1-5-9-13-17-29-59-45-46(60-30-18-14-10-6-2)68-51(67-45)49-63-33-35(65-49)21-23-37-38(58-44-42-40(54-26-28-56-42)39-41(43(44)57-37)55-27-25-53-39)24-22-36-34-64-50(66-36)52-69-47(61-31-19-15-11-7-3)48(70-52)62-32-20-16-12-8-4/h21-28,33-34H,5-20,29-32H2,1-4H3/b23-21+,24-22+. The molecular weight excluding hydrogens is 1090 g/mol. The van der Waals surface area contributed by atoms with Crippen molar-refractivity contribution in [2.45, 2.75) is 130 Å². The summed E-state index contributed by atoms with van der Waals surface area (Å²) in [5.74, 6) is 4.80. The maximum Gasteiger partial charge on any atom is 0.120 e. The van der Waals surface area contributed by atoms with E-state index in [4.69, 9.17) is 29.9 Å². The molecule has 0 bridgehead atoms. The van der Waals surface area contributed by atoms with Crippen molar-refractivity contribution in [3.05, 3.63) is 103 Å². The van der Waals surface area contributed by atoms with Crippen LogP contribution in [0.3, 0.4) is 0 Å². The highest BCUT2D eigenvalue weighted by Crippen LogP contribution is 2.64. The van der Waals surface area contributed by atoms with Crippen LogP contribution in [0.15, 0.2) is 91.5 Å². The largest absolute Gasteiger partial charge is 0.251 e. The van der Waals surface area contributed by atoms with Gasteiger partial charge < -0.3 is 0 Å². The van der Waals surface area contributed by atoms with Crippen LogP contribution in [0.2, 0.25) is 0 Å². The fraction of sp³-hybridized carbons (Fsp3) is 0.462.